The number of rotatable bonds is 1. The highest BCUT2D eigenvalue weighted by Crippen LogP contribution is 2.26. The maximum atomic E-state index is 11.9. The second kappa shape index (κ2) is 3.76. The van der Waals surface area contributed by atoms with Crippen LogP contribution in [0.25, 0.3) is 11.0 Å². The van der Waals surface area contributed by atoms with Crippen LogP contribution in [0.2, 0.25) is 0 Å². The molecule has 1 aliphatic heterocycles. The Hall–Kier alpha value is -1.61. The van der Waals surface area contributed by atoms with Crippen molar-refractivity contribution >= 4 is 11.0 Å². The third-order valence-corrected chi connectivity index (χ3v) is 2.99. The van der Waals surface area contributed by atoms with E-state index < -0.39 is 0 Å². The number of para-hydroxylation sites is 1. The largest absolute Gasteiger partial charge is 0.460 e. The van der Waals surface area contributed by atoms with Crippen LogP contribution in [-0.2, 0) is 4.74 Å². The lowest BCUT2D eigenvalue weighted by atomic mass is 10.0. The normalized spacial score (nSPS) is 20.4. The van der Waals surface area contributed by atoms with Crippen LogP contribution < -0.4 is 5.43 Å². The first-order chi connectivity index (χ1) is 7.84. The summed E-state index contributed by atoms with van der Waals surface area (Å²) >= 11 is 0. The highest BCUT2D eigenvalue weighted by atomic mass is 16.5. The molecule has 3 heteroatoms. The molecule has 1 aromatic heterocycles. The van der Waals surface area contributed by atoms with Crippen molar-refractivity contribution in [1.82, 2.24) is 0 Å². The molecule has 1 atom stereocenters. The summed E-state index contributed by atoms with van der Waals surface area (Å²) in [6.07, 6.45) is 0.932. The van der Waals surface area contributed by atoms with Crippen molar-refractivity contribution in [2.45, 2.75) is 12.3 Å². The molecule has 1 saturated heterocycles. The van der Waals surface area contributed by atoms with E-state index in [0.29, 0.717) is 17.6 Å². The van der Waals surface area contributed by atoms with Crippen LogP contribution in [0, 0.1) is 0 Å². The predicted octanol–water partition coefficient (Wildman–Crippen LogP) is 2.30. The van der Waals surface area contributed by atoms with Gasteiger partial charge in [-0.1, -0.05) is 12.1 Å². The zero-order valence-electron chi connectivity index (χ0n) is 8.81. The predicted molar refractivity (Wildman–Crippen MR) is 60.7 cm³/mol. The van der Waals surface area contributed by atoms with Crippen LogP contribution in [-0.4, -0.2) is 13.2 Å². The highest BCUT2D eigenvalue weighted by molar-refractivity contribution is 5.76. The van der Waals surface area contributed by atoms with Crippen molar-refractivity contribution in [1.29, 1.82) is 0 Å². The van der Waals surface area contributed by atoms with Crippen LogP contribution in [0.4, 0.5) is 0 Å². The molecule has 3 nitrogen and oxygen atoms in total. The molecule has 0 spiro atoms. The molecule has 1 fully saturated rings. The smallest absolute Gasteiger partial charge is 0.192 e. The summed E-state index contributed by atoms with van der Waals surface area (Å²) in [5.41, 5.74) is 0.695. The van der Waals surface area contributed by atoms with E-state index in [1.54, 1.807) is 12.1 Å². The summed E-state index contributed by atoms with van der Waals surface area (Å²) in [6, 6.07) is 8.94. The molecule has 0 aliphatic carbocycles. The van der Waals surface area contributed by atoms with Gasteiger partial charge in [0, 0.05) is 18.6 Å². The van der Waals surface area contributed by atoms with Gasteiger partial charge in [-0.05, 0) is 18.6 Å². The average molecular weight is 216 g/mol. The second-order valence-corrected chi connectivity index (χ2v) is 4.07. The van der Waals surface area contributed by atoms with Crippen molar-refractivity contribution in [3.05, 3.63) is 46.3 Å². The van der Waals surface area contributed by atoms with Gasteiger partial charge in [0.2, 0.25) is 0 Å². The Morgan fingerprint density at radius 2 is 2.12 bits per heavy atom. The van der Waals surface area contributed by atoms with E-state index in [2.05, 4.69) is 0 Å². The van der Waals surface area contributed by atoms with Gasteiger partial charge in [-0.3, -0.25) is 4.79 Å². The number of hydrogen-bond acceptors (Lipinski definition) is 3. The summed E-state index contributed by atoms with van der Waals surface area (Å²) in [5.74, 6) is 0.985. The van der Waals surface area contributed by atoms with E-state index in [1.165, 1.54) is 0 Å². The lowest BCUT2D eigenvalue weighted by Gasteiger charge is -2.07. The molecule has 2 aromatic rings. The molecule has 0 amide bonds. The highest BCUT2D eigenvalue weighted by Gasteiger charge is 2.21. The zero-order chi connectivity index (χ0) is 11.0. The molecule has 0 saturated carbocycles. The lowest BCUT2D eigenvalue weighted by molar-refractivity contribution is 0.191. The van der Waals surface area contributed by atoms with Crippen LogP contribution in [0.15, 0.2) is 39.5 Å². The summed E-state index contributed by atoms with van der Waals surface area (Å²) in [6.45, 7) is 1.41. The summed E-state index contributed by atoms with van der Waals surface area (Å²) in [5, 5.41) is 0.644. The second-order valence-electron chi connectivity index (χ2n) is 4.07. The standard InChI is InChI=1S/C13H12O3/c14-11-7-13(9-5-6-15-8-9)16-12-4-2-1-3-10(11)12/h1-4,7,9H,5-6,8H2. The van der Waals surface area contributed by atoms with Gasteiger partial charge in [0.15, 0.2) is 5.43 Å². The van der Waals surface area contributed by atoms with Gasteiger partial charge in [-0.25, -0.2) is 0 Å². The monoisotopic (exact) mass is 216 g/mol. The molecular formula is C13H12O3. The fourth-order valence-corrected chi connectivity index (χ4v) is 2.08. The number of hydrogen-bond donors (Lipinski definition) is 0. The van der Waals surface area contributed by atoms with E-state index in [1.807, 2.05) is 18.2 Å². The first kappa shape index (κ1) is 9.60. The first-order valence-electron chi connectivity index (χ1n) is 5.45. The van der Waals surface area contributed by atoms with Gasteiger partial charge in [-0.2, -0.15) is 0 Å². The van der Waals surface area contributed by atoms with Crippen molar-refractivity contribution in [3.8, 4) is 0 Å². The molecule has 1 aliphatic rings. The van der Waals surface area contributed by atoms with E-state index in [-0.39, 0.29) is 11.3 Å². The molecule has 16 heavy (non-hydrogen) atoms. The lowest BCUT2D eigenvalue weighted by Crippen LogP contribution is -2.06. The third-order valence-electron chi connectivity index (χ3n) is 2.99. The van der Waals surface area contributed by atoms with Crippen molar-refractivity contribution in [2.24, 2.45) is 0 Å². The fourth-order valence-electron chi connectivity index (χ4n) is 2.08. The minimum absolute atomic E-state index is 0.0313. The molecule has 1 unspecified atom stereocenters. The van der Waals surface area contributed by atoms with Crippen LogP contribution in [0.3, 0.4) is 0 Å². The van der Waals surface area contributed by atoms with Gasteiger partial charge < -0.3 is 9.15 Å². The quantitative estimate of drug-likeness (QED) is 0.734. The van der Waals surface area contributed by atoms with Crippen LogP contribution in [0.1, 0.15) is 18.1 Å². The van der Waals surface area contributed by atoms with Crippen LogP contribution >= 0.6 is 0 Å². The molecule has 2 heterocycles. The van der Waals surface area contributed by atoms with Gasteiger partial charge >= 0.3 is 0 Å². The fraction of sp³-hybridized carbons (Fsp3) is 0.308. The molecule has 0 N–H and O–H groups in total. The van der Waals surface area contributed by atoms with Gasteiger partial charge in [-0.15, -0.1) is 0 Å². The number of benzene rings is 1. The Morgan fingerprint density at radius 1 is 1.25 bits per heavy atom. The molecule has 0 radical (unpaired) electrons. The SMILES string of the molecule is O=c1cc(C2CCOC2)oc2ccccc12. The summed E-state index contributed by atoms with van der Waals surface area (Å²) < 4.78 is 11.0. The van der Waals surface area contributed by atoms with E-state index in [0.717, 1.165) is 18.8 Å². The summed E-state index contributed by atoms with van der Waals surface area (Å²) in [4.78, 5) is 11.9. The minimum Gasteiger partial charge on any atom is -0.460 e. The van der Waals surface area contributed by atoms with Gasteiger partial charge in [0.1, 0.15) is 11.3 Å². The maximum Gasteiger partial charge on any atom is 0.192 e. The van der Waals surface area contributed by atoms with Crippen molar-refractivity contribution in [2.75, 3.05) is 13.2 Å². The Labute approximate surface area is 92.6 Å². The van der Waals surface area contributed by atoms with E-state index >= 15 is 0 Å². The Balaban J connectivity index is 2.17. The third kappa shape index (κ3) is 1.53. The van der Waals surface area contributed by atoms with Gasteiger partial charge in [0.25, 0.3) is 0 Å². The molecular weight excluding hydrogens is 204 g/mol. The zero-order valence-corrected chi connectivity index (χ0v) is 8.81. The number of ether oxygens (including phenoxy) is 1. The van der Waals surface area contributed by atoms with Crippen LogP contribution in [0.5, 0.6) is 0 Å². The molecule has 82 valence electrons. The Bertz CT molecular complexity index is 565. The van der Waals surface area contributed by atoms with Crippen molar-refractivity contribution in [3.63, 3.8) is 0 Å². The average Bonchev–Trinajstić information content (AvgIpc) is 2.82. The molecule has 3 rings (SSSR count). The molecule has 1 aromatic carbocycles. The minimum atomic E-state index is 0.0313. The topological polar surface area (TPSA) is 39.4 Å². The number of fused-ring (bicyclic) bond motifs is 1. The van der Waals surface area contributed by atoms with Gasteiger partial charge in [0.05, 0.1) is 12.0 Å². The first-order valence-corrected chi connectivity index (χ1v) is 5.45. The Kier molecular flexibility index (Phi) is 2.26. The Morgan fingerprint density at radius 3 is 2.94 bits per heavy atom. The van der Waals surface area contributed by atoms with E-state index in [4.69, 9.17) is 9.15 Å². The van der Waals surface area contributed by atoms with Crippen molar-refractivity contribution < 1.29 is 9.15 Å². The summed E-state index contributed by atoms with van der Waals surface area (Å²) in [7, 11) is 0. The maximum absolute atomic E-state index is 11.9. The molecule has 0 bridgehead atoms. The van der Waals surface area contributed by atoms with E-state index in [9.17, 15) is 4.79 Å².